The minimum Gasteiger partial charge on any atom is -0.389 e. The van der Waals surface area contributed by atoms with E-state index in [0.717, 1.165) is 0 Å². The quantitative estimate of drug-likeness (QED) is 0.827. The molecule has 0 radical (unpaired) electrons. The molecule has 0 spiro atoms. The number of halogens is 2. The molecule has 5 nitrogen and oxygen atoms in total. The Morgan fingerprint density at radius 1 is 1.40 bits per heavy atom. The molecule has 1 aromatic heterocycles. The van der Waals surface area contributed by atoms with Crippen LogP contribution in [-0.4, -0.2) is 35.3 Å². The van der Waals surface area contributed by atoms with Crippen LogP contribution in [0.2, 0.25) is 0 Å². The first-order valence-corrected chi connectivity index (χ1v) is 7.10. The molecule has 2 atom stereocenters. The summed E-state index contributed by atoms with van der Waals surface area (Å²) in [5, 5.41) is 3.93. The SMILES string of the molecule is CC1(C)OC[C@H](C2CC(c3ncc(Br)cc3F)=NO2)O1. The fraction of sp³-hybridized carbons (Fsp3) is 0.538. The van der Waals surface area contributed by atoms with E-state index in [1.807, 2.05) is 13.8 Å². The van der Waals surface area contributed by atoms with Gasteiger partial charge in [0.2, 0.25) is 0 Å². The Morgan fingerprint density at radius 2 is 2.20 bits per heavy atom. The van der Waals surface area contributed by atoms with Gasteiger partial charge < -0.3 is 14.3 Å². The number of hydrogen-bond donors (Lipinski definition) is 0. The predicted octanol–water partition coefficient (Wildman–Crippen LogP) is 2.63. The van der Waals surface area contributed by atoms with Crippen LogP contribution in [0.25, 0.3) is 0 Å². The van der Waals surface area contributed by atoms with Gasteiger partial charge in [-0.05, 0) is 35.8 Å². The standard InChI is InChI=1S/C13H14BrFN2O3/c1-13(2)18-6-11(19-13)10-4-9(17-20-10)12-8(15)3-7(14)5-16-12/h3,5,10-11H,4,6H2,1-2H3/t10?,11-/m1/s1. The molecule has 0 aliphatic carbocycles. The van der Waals surface area contributed by atoms with E-state index < -0.39 is 11.6 Å². The summed E-state index contributed by atoms with van der Waals surface area (Å²) in [5.41, 5.74) is 0.710. The molecule has 2 aliphatic heterocycles. The van der Waals surface area contributed by atoms with Gasteiger partial charge in [-0.15, -0.1) is 0 Å². The number of hydrogen-bond acceptors (Lipinski definition) is 5. The summed E-state index contributed by atoms with van der Waals surface area (Å²) in [6.07, 6.45) is 1.52. The van der Waals surface area contributed by atoms with Crippen LogP contribution in [0.4, 0.5) is 4.39 Å². The van der Waals surface area contributed by atoms with Crippen molar-refractivity contribution >= 4 is 21.6 Å². The van der Waals surface area contributed by atoms with E-state index in [9.17, 15) is 4.39 Å². The van der Waals surface area contributed by atoms with E-state index in [1.165, 1.54) is 12.3 Å². The normalized spacial score (nSPS) is 28.3. The summed E-state index contributed by atoms with van der Waals surface area (Å²) >= 11 is 3.17. The van der Waals surface area contributed by atoms with Crippen LogP contribution < -0.4 is 0 Å². The second kappa shape index (κ2) is 5.05. The highest BCUT2D eigenvalue weighted by atomic mass is 79.9. The van der Waals surface area contributed by atoms with Gasteiger partial charge in [-0.3, -0.25) is 4.98 Å². The lowest BCUT2D eigenvalue weighted by atomic mass is 10.1. The summed E-state index contributed by atoms with van der Waals surface area (Å²) in [6, 6.07) is 1.36. The minimum absolute atomic E-state index is 0.204. The number of ether oxygens (including phenoxy) is 2. The Hall–Kier alpha value is -1.05. The van der Waals surface area contributed by atoms with Crippen molar-refractivity contribution in [2.24, 2.45) is 5.16 Å². The van der Waals surface area contributed by atoms with Crippen molar-refractivity contribution in [1.82, 2.24) is 4.98 Å². The van der Waals surface area contributed by atoms with E-state index in [4.69, 9.17) is 14.3 Å². The van der Waals surface area contributed by atoms with Crippen LogP contribution in [0, 0.1) is 5.82 Å². The molecule has 7 heteroatoms. The first-order valence-electron chi connectivity index (χ1n) is 6.30. The molecule has 0 N–H and O–H groups in total. The van der Waals surface area contributed by atoms with Gasteiger partial charge in [0.25, 0.3) is 0 Å². The van der Waals surface area contributed by atoms with E-state index in [0.29, 0.717) is 23.2 Å². The van der Waals surface area contributed by atoms with E-state index in [-0.39, 0.29) is 17.9 Å². The molecule has 20 heavy (non-hydrogen) atoms. The topological polar surface area (TPSA) is 52.9 Å². The minimum atomic E-state index is -0.613. The Morgan fingerprint density at radius 3 is 2.85 bits per heavy atom. The average Bonchev–Trinajstić information content (AvgIpc) is 2.95. The van der Waals surface area contributed by atoms with Gasteiger partial charge in [-0.25, -0.2) is 4.39 Å². The van der Waals surface area contributed by atoms with Gasteiger partial charge in [0.05, 0.1) is 6.61 Å². The number of oxime groups is 1. The highest BCUT2D eigenvalue weighted by molar-refractivity contribution is 9.10. The van der Waals surface area contributed by atoms with Crippen LogP contribution in [-0.2, 0) is 14.3 Å². The molecular formula is C13H14BrFN2O3. The monoisotopic (exact) mass is 344 g/mol. The highest BCUT2D eigenvalue weighted by Crippen LogP contribution is 2.30. The molecule has 0 saturated carbocycles. The first-order chi connectivity index (χ1) is 9.44. The van der Waals surface area contributed by atoms with Crippen LogP contribution in [0.5, 0.6) is 0 Å². The van der Waals surface area contributed by atoms with E-state index >= 15 is 0 Å². The second-order valence-corrected chi connectivity index (χ2v) is 6.15. The lowest BCUT2D eigenvalue weighted by Gasteiger charge is -2.19. The summed E-state index contributed by atoms with van der Waals surface area (Å²) < 4.78 is 25.7. The number of aromatic nitrogens is 1. The third-order valence-corrected chi connectivity index (χ3v) is 3.65. The van der Waals surface area contributed by atoms with Crippen molar-refractivity contribution in [2.75, 3.05) is 6.61 Å². The molecule has 2 aliphatic rings. The highest BCUT2D eigenvalue weighted by Gasteiger charge is 2.41. The third-order valence-electron chi connectivity index (χ3n) is 3.22. The number of rotatable bonds is 2. The van der Waals surface area contributed by atoms with Crippen LogP contribution in [0.15, 0.2) is 21.9 Å². The Labute approximate surface area is 124 Å². The van der Waals surface area contributed by atoms with Crippen LogP contribution in [0.3, 0.4) is 0 Å². The largest absolute Gasteiger partial charge is 0.389 e. The molecule has 1 aromatic rings. The fourth-order valence-electron chi connectivity index (χ4n) is 2.26. The van der Waals surface area contributed by atoms with Gasteiger partial charge >= 0.3 is 0 Å². The summed E-state index contributed by atoms with van der Waals surface area (Å²) in [5.74, 6) is -1.04. The average molecular weight is 345 g/mol. The zero-order chi connectivity index (χ0) is 14.3. The van der Waals surface area contributed by atoms with E-state index in [2.05, 4.69) is 26.1 Å². The number of pyridine rings is 1. The molecule has 3 heterocycles. The Bertz CT molecular complexity index is 565. The molecule has 0 aromatic carbocycles. The van der Waals surface area contributed by atoms with Crippen LogP contribution >= 0.6 is 15.9 Å². The van der Waals surface area contributed by atoms with Crippen molar-refractivity contribution in [3.8, 4) is 0 Å². The van der Waals surface area contributed by atoms with Crippen molar-refractivity contribution in [1.29, 1.82) is 0 Å². The zero-order valence-electron chi connectivity index (χ0n) is 11.1. The number of nitrogens with zero attached hydrogens (tertiary/aromatic N) is 2. The van der Waals surface area contributed by atoms with Gasteiger partial charge in [0.15, 0.2) is 17.7 Å². The van der Waals surface area contributed by atoms with Gasteiger partial charge in [-0.1, -0.05) is 5.16 Å². The predicted molar refractivity (Wildman–Crippen MR) is 72.8 cm³/mol. The molecule has 0 bridgehead atoms. The fourth-order valence-corrected chi connectivity index (χ4v) is 2.56. The summed E-state index contributed by atoms with van der Waals surface area (Å²) in [6.45, 7) is 4.13. The van der Waals surface area contributed by atoms with Crippen molar-refractivity contribution in [3.63, 3.8) is 0 Å². The Kier molecular flexibility index (Phi) is 3.51. The molecule has 1 unspecified atom stereocenters. The first kappa shape index (κ1) is 13.9. The zero-order valence-corrected chi connectivity index (χ0v) is 12.7. The smallest absolute Gasteiger partial charge is 0.163 e. The van der Waals surface area contributed by atoms with E-state index in [1.54, 1.807) is 0 Å². The molecule has 1 fully saturated rings. The molecule has 108 valence electrons. The van der Waals surface area contributed by atoms with Crippen LogP contribution in [0.1, 0.15) is 26.0 Å². The maximum absolute atomic E-state index is 13.8. The van der Waals surface area contributed by atoms with Crippen molar-refractivity contribution < 1.29 is 18.7 Å². The Balaban J connectivity index is 1.70. The van der Waals surface area contributed by atoms with Crippen molar-refractivity contribution in [2.45, 2.75) is 38.3 Å². The lowest BCUT2D eigenvalue weighted by molar-refractivity contribution is -0.153. The van der Waals surface area contributed by atoms with Gasteiger partial charge in [0.1, 0.15) is 17.5 Å². The second-order valence-electron chi connectivity index (χ2n) is 5.24. The molecular weight excluding hydrogens is 331 g/mol. The summed E-state index contributed by atoms with van der Waals surface area (Å²) in [4.78, 5) is 9.39. The molecule has 1 saturated heterocycles. The van der Waals surface area contributed by atoms with Gasteiger partial charge in [-0.2, -0.15) is 0 Å². The maximum Gasteiger partial charge on any atom is 0.163 e. The molecule has 0 amide bonds. The molecule has 3 rings (SSSR count). The third kappa shape index (κ3) is 2.70. The van der Waals surface area contributed by atoms with Crippen molar-refractivity contribution in [3.05, 3.63) is 28.2 Å². The maximum atomic E-state index is 13.8. The lowest BCUT2D eigenvalue weighted by Crippen LogP contribution is -2.31. The summed E-state index contributed by atoms with van der Waals surface area (Å²) in [7, 11) is 0. The van der Waals surface area contributed by atoms with Gasteiger partial charge in [0, 0.05) is 17.1 Å².